The van der Waals surface area contributed by atoms with E-state index >= 15 is 0 Å². The summed E-state index contributed by atoms with van der Waals surface area (Å²) in [6.45, 7) is 19.7. The van der Waals surface area contributed by atoms with E-state index in [-0.39, 0.29) is 21.9 Å². The van der Waals surface area contributed by atoms with Gasteiger partial charge in [-0.2, -0.15) is 0 Å². The van der Waals surface area contributed by atoms with Crippen LogP contribution in [0.5, 0.6) is 0 Å². The second kappa shape index (κ2) is 8.40. The van der Waals surface area contributed by atoms with Crippen molar-refractivity contribution in [3.8, 4) is 0 Å². The Morgan fingerprint density at radius 2 is 1.43 bits per heavy atom. The van der Waals surface area contributed by atoms with Gasteiger partial charge in [0.1, 0.15) is 0 Å². The van der Waals surface area contributed by atoms with Crippen LogP contribution in [0.1, 0.15) is 62.3 Å². The van der Waals surface area contributed by atoms with Crippen molar-refractivity contribution >= 4 is 12.0 Å². The molecular weight excluding hydrogens is 280 g/mol. The van der Waals surface area contributed by atoms with Gasteiger partial charge in [0, 0.05) is 12.0 Å². The third kappa shape index (κ3) is 7.53. The van der Waals surface area contributed by atoms with Crippen LogP contribution in [0.25, 0.3) is 0 Å². The molecule has 0 aromatic rings. The highest BCUT2D eigenvalue weighted by Crippen LogP contribution is 2.34. The van der Waals surface area contributed by atoms with Gasteiger partial charge < -0.3 is 8.92 Å². The fraction of sp³-hybridized carbons (Fsp3) is 0.778. The van der Waals surface area contributed by atoms with Crippen LogP contribution >= 0.6 is 12.0 Å². The molecule has 0 spiro atoms. The van der Waals surface area contributed by atoms with E-state index in [9.17, 15) is 0 Å². The smallest absolute Gasteiger partial charge is 0.0928 e. The van der Waals surface area contributed by atoms with Gasteiger partial charge in [0.05, 0.1) is 23.1 Å². The van der Waals surface area contributed by atoms with Crippen LogP contribution in [0, 0.1) is 5.41 Å². The van der Waals surface area contributed by atoms with Crippen molar-refractivity contribution in [2.24, 2.45) is 5.41 Å². The Morgan fingerprint density at radius 1 is 0.952 bits per heavy atom. The molecule has 0 rings (SSSR count). The second-order valence-electron chi connectivity index (χ2n) is 7.25. The van der Waals surface area contributed by atoms with E-state index in [0.29, 0.717) is 6.61 Å². The molecule has 0 amide bonds. The predicted molar refractivity (Wildman–Crippen MR) is 95.7 cm³/mol. The maximum Gasteiger partial charge on any atom is 0.0928 e. The van der Waals surface area contributed by atoms with Gasteiger partial charge >= 0.3 is 0 Å². The molecule has 2 nitrogen and oxygen atoms in total. The molecule has 1 atom stereocenters. The summed E-state index contributed by atoms with van der Waals surface area (Å²) in [5.41, 5.74) is -0.0739. The minimum absolute atomic E-state index is 0.0477. The maximum absolute atomic E-state index is 6.07. The van der Waals surface area contributed by atoms with Crippen LogP contribution in [0.3, 0.4) is 0 Å². The van der Waals surface area contributed by atoms with Crippen molar-refractivity contribution in [3.05, 3.63) is 24.3 Å². The SMILES string of the molecule is CC=CC(C)(C=CC)SOC(C)COC(C)(C)C(C)(C)C. The highest BCUT2D eigenvalue weighted by atomic mass is 32.2. The summed E-state index contributed by atoms with van der Waals surface area (Å²) < 4.78 is 11.8. The standard InChI is InChI=1S/C18H34O2S/c1-10-12-18(9,13-11-2)21-20-15(3)14-19-17(7,8)16(4,5)6/h10-13,15H,14H2,1-9H3. The zero-order valence-corrected chi connectivity index (χ0v) is 16.1. The monoisotopic (exact) mass is 314 g/mol. The van der Waals surface area contributed by atoms with E-state index in [1.807, 2.05) is 13.8 Å². The predicted octanol–water partition coefficient (Wildman–Crippen LogP) is 5.79. The molecule has 0 aromatic heterocycles. The van der Waals surface area contributed by atoms with Crippen LogP contribution in [-0.2, 0) is 8.92 Å². The Morgan fingerprint density at radius 3 is 1.81 bits per heavy atom. The van der Waals surface area contributed by atoms with Crippen molar-refractivity contribution < 1.29 is 8.92 Å². The van der Waals surface area contributed by atoms with Crippen LogP contribution in [0.4, 0.5) is 0 Å². The highest BCUT2D eigenvalue weighted by Gasteiger charge is 2.34. The molecule has 1 unspecified atom stereocenters. The number of hydrogen-bond acceptors (Lipinski definition) is 3. The molecule has 0 aromatic carbocycles. The molecule has 0 radical (unpaired) electrons. The van der Waals surface area contributed by atoms with Gasteiger partial charge in [-0.05, 0) is 47.0 Å². The molecule has 124 valence electrons. The van der Waals surface area contributed by atoms with Crippen molar-refractivity contribution in [2.45, 2.75) is 78.8 Å². The van der Waals surface area contributed by atoms with E-state index in [0.717, 1.165) is 0 Å². The van der Waals surface area contributed by atoms with Crippen LogP contribution in [0.15, 0.2) is 24.3 Å². The van der Waals surface area contributed by atoms with Gasteiger partial charge in [0.2, 0.25) is 0 Å². The summed E-state index contributed by atoms with van der Waals surface area (Å²) in [4.78, 5) is 0. The first-order chi connectivity index (χ1) is 9.47. The molecule has 0 fully saturated rings. The van der Waals surface area contributed by atoms with E-state index in [1.54, 1.807) is 0 Å². The third-order valence-corrected chi connectivity index (χ3v) is 4.93. The quantitative estimate of drug-likeness (QED) is 0.417. The Kier molecular flexibility index (Phi) is 8.30. The molecule has 0 aliphatic heterocycles. The minimum Gasteiger partial charge on any atom is -0.372 e. The number of rotatable bonds is 8. The third-order valence-electron chi connectivity index (χ3n) is 3.87. The topological polar surface area (TPSA) is 18.5 Å². The average Bonchev–Trinajstić information content (AvgIpc) is 2.33. The van der Waals surface area contributed by atoms with E-state index in [1.165, 1.54) is 12.0 Å². The maximum atomic E-state index is 6.07. The Hall–Kier alpha value is -0.250. The first-order valence-corrected chi connectivity index (χ1v) is 8.48. The molecule has 3 heteroatoms. The fourth-order valence-corrected chi connectivity index (χ4v) is 2.34. The zero-order valence-electron chi connectivity index (χ0n) is 15.3. The van der Waals surface area contributed by atoms with Gasteiger partial charge in [0.25, 0.3) is 0 Å². The van der Waals surface area contributed by atoms with Crippen molar-refractivity contribution in [2.75, 3.05) is 6.61 Å². The highest BCUT2D eigenvalue weighted by molar-refractivity contribution is 7.96. The fourth-order valence-electron chi connectivity index (χ4n) is 1.53. The summed E-state index contributed by atoms with van der Waals surface area (Å²) in [6, 6.07) is 0. The van der Waals surface area contributed by atoms with E-state index < -0.39 is 0 Å². The minimum atomic E-state index is -0.175. The van der Waals surface area contributed by atoms with Gasteiger partial charge in [-0.25, -0.2) is 0 Å². The summed E-state index contributed by atoms with van der Waals surface area (Å²) in [5, 5.41) is 0. The number of hydrogen-bond donors (Lipinski definition) is 0. The number of allylic oxidation sites excluding steroid dienone is 2. The molecule has 0 aliphatic rings. The van der Waals surface area contributed by atoms with Crippen LogP contribution in [-0.4, -0.2) is 23.1 Å². The van der Waals surface area contributed by atoms with Crippen molar-refractivity contribution in [1.29, 1.82) is 0 Å². The lowest BCUT2D eigenvalue weighted by atomic mass is 9.79. The van der Waals surface area contributed by atoms with Crippen molar-refractivity contribution in [3.63, 3.8) is 0 Å². The molecule has 0 saturated heterocycles. The molecule has 0 N–H and O–H groups in total. The summed E-state index contributed by atoms with van der Waals surface area (Å²) >= 11 is 1.49. The van der Waals surface area contributed by atoms with Gasteiger partial charge in [0.15, 0.2) is 0 Å². The summed E-state index contributed by atoms with van der Waals surface area (Å²) in [5.74, 6) is 0. The normalized spacial score (nSPS) is 18.3. The molecule has 0 bridgehead atoms. The van der Waals surface area contributed by atoms with E-state index in [4.69, 9.17) is 8.92 Å². The lowest BCUT2D eigenvalue weighted by Gasteiger charge is -2.39. The average molecular weight is 315 g/mol. The lowest BCUT2D eigenvalue weighted by Crippen LogP contribution is -2.41. The molecule has 0 aliphatic carbocycles. The molecular formula is C18H34O2S. The van der Waals surface area contributed by atoms with Gasteiger partial charge in [-0.3, -0.25) is 0 Å². The van der Waals surface area contributed by atoms with E-state index in [2.05, 4.69) is 72.8 Å². The summed E-state index contributed by atoms with van der Waals surface area (Å²) in [7, 11) is 0. The number of ether oxygens (including phenoxy) is 1. The van der Waals surface area contributed by atoms with Gasteiger partial charge in [-0.15, -0.1) is 0 Å². The Balaban J connectivity index is 4.42. The van der Waals surface area contributed by atoms with Gasteiger partial charge in [-0.1, -0.05) is 45.1 Å². The second-order valence-corrected chi connectivity index (χ2v) is 8.48. The van der Waals surface area contributed by atoms with Crippen LogP contribution < -0.4 is 0 Å². The van der Waals surface area contributed by atoms with Crippen molar-refractivity contribution in [1.82, 2.24) is 0 Å². The summed E-state index contributed by atoms with van der Waals surface area (Å²) in [6.07, 6.45) is 8.45. The lowest BCUT2D eigenvalue weighted by molar-refractivity contribution is -0.107. The Bertz CT molecular complexity index is 339. The zero-order chi connectivity index (χ0) is 16.7. The molecule has 0 heterocycles. The molecule has 0 saturated carbocycles. The Labute approximate surface area is 136 Å². The first-order valence-electron chi connectivity index (χ1n) is 7.73. The van der Waals surface area contributed by atoms with Crippen LogP contribution in [0.2, 0.25) is 0 Å². The largest absolute Gasteiger partial charge is 0.372 e. The first kappa shape index (κ1) is 20.8. The molecule has 21 heavy (non-hydrogen) atoms.